The lowest BCUT2D eigenvalue weighted by molar-refractivity contribution is -0.132. The number of halogens is 1. The molecule has 27 heavy (non-hydrogen) atoms. The number of benzene rings is 1. The summed E-state index contributed by atoms with van der Waals surface area (Å²) in [5.74, 6) is 2.19. The van der Waals surface area contributed by atoms with Gasteiger partial charge in [0, 0.05) is 47.3 Å². The maximum absolute atomic E-state index is 12.7. The molecule has 7 heteroatoms. The molecule has 4 rings (SSSR count). The predicted molar refractivity (Wildman–Crippen MR) is 108 cm³/mol. The Labute approximate surface area is 167 Å². The molecule has 2 aromatic heterocycles. The molecule has 1 aliphatic rings. The van der Waals surface area contributed by atoms with E-state index in [1.165, 1.54) is 0 Å². The highest BCUT2D eigenvalue weighted by Gasteiger charge is 2.27. The fraction of sp³-hybridized carbons (Fsp3) is 0.350. The highest BCUT2D eigenvalue weighted by atomic mass is 35.5. The Morgan fingerprint density at radius 3 is 2.89 bits per heavy atom. The van der Waals surface area contributed by atoms with Crippen molar-refractivity contribution < 1.29 is 4.79 Å². The molecule has 0 radical (unpaired) electrons. The van der Waals surface area contributed by atoms with E-state index in [1.807, 2.05) is 58.0 Å². The molecular formula is C20H21ClN4OS. The third kappa shape index (κ3) is 4.28. The van der Waals surface area contributed by atoms with Crippen LogP contribution in [0.1, 0.15) is 31.0 Å². The van der Waals surface area contributed by atoms with Crippen LogP contribution in [0.25, 0.3) is 5.65 Å². The second-order valence-corrected chi connectivity index (χ2v) is 8.32. The number of fused-ring (bicyclic) bond motifs is 1. The molecule has 0 N–H and O–H groups in total. The van der Waals surface area contributed by atoms with E-state index >= 15 is 0 Å². The molecule has 140 valence electrons. The van der Waals surface area contributed by atoms with Gasteiger partial charge in [0.2, 0.25) is 5.91 Å². The molecule has 1 atom stereocenters. The minimum Gasteiger partial charge on any atom is -0.342 e. The van der Waals surface area contributed by atoms with Crippen LogP contribution in [0.4, 0.5) is 0 Å². The van der Waals surface area contributed by atoms with Crippen LogP contribution in [0, 0.1) is 0 Å². The number of rotatable bonds is 5. The Bertz CT molecular complexity index is 927. The summed E-state index contributed by atoms with van der Waals surface area (Å²) < 4.78 is 2.04. The Morgan fingerprint density at radius 2 is 2.04 bits per heavy atom. The molecule has 3 heterocycles. The summed E-state index contributed by atoms with van der Waals surface area (Å²) in [5.41, 5.74) is 0.857. The second kappa shape index (κ2) is 8.31. The number of carbonyl (C=O) groups is 1. The molecule has 0 unspecified atom stereocenters. The van der Waals surface area contributed by atoms with Crippen LogP contribution in [0.2, 0.25) is 5.02 Å². The fourth-order valence-electron chi connectivity index (χ4n) is 3.50. The van der Waals surface area contributed by atoms with E-state index in [2.05, 4.69) is 10.2 Å². The first kappa shape index (κ1) is 18.3. The van der Waals surface area contributed by atoms with E-state index in [0.29, 0.717) is 6.42 Å². The van der Waals surface area contributed by atoms with E-state index in [-0.39, 0.29) is 11.8 Å². The van der Waals surface area contributed by atoms with Gasteiger partial charge in [0.05, 0.1) is 0 Å². The molecule has 1 aromatic carbocycles. The number of piperidine rings is 1. The van der Waals surface area contributed by atoms with Gasteiger partial charge in [0.1, 0.15) is 5.82 Å². The standard InChI is InChI=1S/C20H21ClN4OS/c21-16-6-8-17(9-7-16)27-13-10-19(26)24-11-3-4-15(14-24)20-23-22-18-5-1-2-12-25(18)20/h1-2,5-9,12,15H,3-4,10-11,13-14H2/t15-/m1/s1. The third-order valence-corrected chi connectivity index (χ3v) is 6.14. The second-order valence-electron chi connectivity index (χ2n) is 6.72. The Balaban J connectivity index is 1.35. The number of hydrogen-bond acceptors (Lipinski definition) is 4. The quantitative estimate of drug-likeness (QED) is 0.600. The minimum atomic E-state index is 0.218. The van der Waals surface area contributed by atoms with E-state index in [1.54, 1.807) is 11.8 Å². The Morgan fingerprint density at radius 1 is 1.19 bits per heavy atom. The molecule has 5 nitrogen and oxygen atoms in total. The summed E-state index contributed by atoms with van der Waals surface area (Å²) in [6.07, 6.45) is 4.58. The van der Waals surface area contributed by atoms with Gasteiger partial charge in [-0.05, 0) is 49.2 Å². The van der Waals surface area contributed by atoms with Crippen LogP contribution < -0.4 is 0 Å². The van der Waals surface area contributed by atoms with E-state index in [9.17, 15) is 4.79 Å². The summed E-state index contributed by atoms with van der Waals surface area (Å²) in [5, 5.41) is 9.36. The number of pyridine rings is 1. The zero-order chi connectivity index (χ0) is 18.6. The number of likely N-dealkylation sites (tertiary alicyclic amines) is 1. The van der Waals surface area contributed by atoms with Crippen molar-refractivity contribution in [1.82, 2.24) is 19.5 Å². The van der Waals surface area contributed by atoms with Crippen LogP contribution in [0.3, 0.4) is 0 Å². The summed E-state index contributed by atoms with van der Waals surface area (Å²) in [6, 6.07) is 13.6. The number of aromatic nitrogens is 3. The molecule has 1 saturated heterocycles. The van der Waals surface area contributed by atoms with Crippen LogP contribution in [-0.2, 0) is 4.79 Å². The molecule has 1 amide bonds. The molecule has 0 saturated carbocycles. The summed E-state index contributed by atoms with van der Waals surface area (Å²) in [4.78, 5) is 15.8. The highest BCUT2D eigenvalue weighted by molar-refractivity contribution is 7.99. The van der Waals surface area contributed by atoms with Crippen molar-refractivity contribution in [1.29, 1.82) is 0 Å². The molecular weight excluding hydrogens is 380 g/mol. The lowest BCUT2D eigenvalue weighted by atomic mass is 9.97. The third-order valence-electron chi connectivity index (χ3n) is 4.88. The van der Waals surface area contributed by atoms with Crippen LogP contribution >= 0.6 is 23.4 Å². The average Bonchev–Trinajstić information content (AvgIpc) is 3.14. The van der Waals surface area contributed by atoms with Crippen molar-refractivity contribution in [2.45, 2.75) is 30.1 Å². The van der Waals surface area contributed by atoms with Gasteiger partial charge in [-0.25, -0.2) is 0 Å². The number of hydrogen-bond donors (Lipinski definition) is 0. The number of amides is 1. The van der Waals surface area contributed by atoms with Crippen molar-refractivity contribution in [2.24, 2.45) is 0 Å². The fourth-order valence-corrected chi connectivity index (χ4v) is 4.46. The zero-order valence-corrected chi connectivity index (χ0v) is 16.5. The van der Waals surface area contributed by atoms with E-state index < -0.39 is 0 Å². The topological polar surface area (TPSA) is 50.5 Å². The number of nitrogens with zero attached hydrogens (tertiary/aromatic N) is 4. The van der Waals surface area contributed by atoms with Crippen LogP contribution in [0.5, 0.6) is 0 Å². The van der Waals surface area contributed by atoms with Crippen molar-refractivity contribution >= 4 is 34.9 Å². The van der Waals surface area contributed by atoms with Gasteiger partial charge in [-0.15, -0.1) is 22.0 Å². The molecule has 3 aromatic rings. The van der Waals surface area contributed by atoms with Gasteiger partial charge >= 0.3 is 0 Å². The lowest BCUT2D eigenvalue weighted by Crippen LogP contribution is -2.39. The normalized spacial score (nSPS) is 17.4. The van der Waals surface area contributed by atoms with Gasteiger partial charge in [-0.1, -0.05) is 17.7 Å². The predicted octanol–water partition coefficient (Wildman–Crippen LogP) is 4.27. The molecule has 0 aliphatic carbocycles. The van der Waals surface area contributed by atoms with Gasteiger partial charge < -0.3 is 4.90 Å². The van der Waals surface area contributed by atoms with Crippen molar-refractivity contribution in [3.05, 3.63) is 59.5 Å². The molecule has 1 aliphatic heterocycles. The van der Waals surface area contributed by atoms with E-state index in [4.69, 9.17) is 11.6 Å². The zero-order valence-electron chi connectivity index (χ0n) is 14.9. The lowest BCUT2D eigenvalue weighted by Gasteiger charge is -2.32. The number of thioether (sulfide) groups is 1. The first-order chi connectivity index (χ1) is 13.2. The molecule has 1 fully saturated rings. The maximum Gasteiger partial charge on any atom is 0.223 e. The molecule has 0 bridgehead atoms. The summed E-state index contributed by atoms with van der Waals surface area (Å²) in [6.45, 7) is 1.55. The summed E-state index contributed by atoms with van der Waals surface area (Å²) >= 11 is 7.60. The maximum atomic E-state index is 12.7. The molecule has 0 spiro atoms. The average molecular weight is 401 g/mol. The van der Waals surface area contributed by atoms with Crippen molar-refractivity contribution in [3.63, 3.8) is 0 Å². The van der Waals surface area contributed by atoms with Crippen molar-refractivity contribution in [2.75, 3.05) is 18.8 Å². The first-order valence-electron chi connectivity index (χ1n) is 9.16. The van der Waals surface area contributed by atoms with Gasteiger partial charge in [0.15, 0.2) is 5.65 Å². The van der Waals surface area contributed by atoms with Crippen LogP contribution in [-0.4, -0.2) is 44.2 Å². The van der Waals surface area contributed by atoms with Gasteiger partial charge in [-0.3, -0.25) is 9.20 Å². The Kier molecular flexibility index (Phi) is 5.64. The SMILES string of the molecule is O=C(CCSc1ccc(Cl)cc1)N1CCC[C@@H](c2nnc3ccccn23)C1. The van der Waals surface area contributed by atoms with E-state index in [0.717, 1.165) is 53.1 Å². The minimum absolute atomic E-state index is 0.218. The monoisotopic (exact) mass is 400 g/mol. The van der Waals surface area contributed by atoms with Crippen molar-refractivity contribution in [3.8, 4) is 0 Å². The Hall–Kier alpha value is -2.05. The number of carbonyl (C=O) groups excluding carboxylic acids is 1. The largest absolute Gasteiger partial charge is 0.342 e. The van der Waals surface area contributed by atoms with Crippen LogP contribution in [0.15, 0.2) is 53.6 Å². The highest BCUT2D eigenvalue weighted by Crippen LogP contribution is 2.27. The summed E-state index contributed by atoms with van der Waals surface area (Å²) in [7, 11) is 0. The smallest absolute Gasteiger partial charge is 0.223 e. The first-order valence-corrected chi connectivity index (χ1v) is 10.5. The van der Waals surface area contributed by atoms with Gasteiger partial charge in [-0.2, -0.15) is 0 Å². The van der Waals surface area contributed by atoms with Gasteiger partial charge in [0.25, 0.3) is 0 Å².